The van der Waals surface area contributed by atoms with E-state index in [1.54, 1.807) is 0 Å². The molecule has 0 aliphatic carbocycles. The summed E-state index contributed by atoms with van der Waals surface area (Å²) in [6.07, 6.45) is 5.71. The van der Waals surface area contributed by atoms with Crippen LogP contribution in [0.3, 0.4) is 0 Å². The van der Waals surface area contributed by atoms with E-state index in [4.69, 9.17) is 4.74 Å². The second kappa shape index (κ2) is 8.25. The molecule has 0 fully saturated rings. The van der Waals surface area contributed by atoms with Crippen molar-refractivity contribution in [2.75, 3.05) is 7.11 Å². The van der Waals surface area contributed by atoms with Gasteiger partial charge in [-0.25, -0.2) is 0 Å². The third-order valence-corrected chi connectivity index (χ3v) is 4.86. The van der Waals surface area contributed by atoms with Crippen molar-refractivity contribution in [2.45, 2.75) is 0 Å². The third-order valence-electron chi connectivity index (χ3n) is 2.69. The van der Waals surface area contributed by atoms with Gasteiger partial charge in [-0.1, -0.05) is 0 Å². The predicted octanol–water partition coefficient (Wildman–Crippen LogP) is 2.79. The fraction of sp³-hybridized carbons (Fsp3) is 0.0556. The molecule has 0 unspecified atom stereocenters. The molecule has 0 spiro atoms. The average molecular weight is 343 g/mol. The number of carbonyl (C=O) groups is 1. The van der Waals surface area contributed by atoms with Gasteiger partial charge in [0.15, 0.2) is 0 Å². The van der Waals surface area contributed by atoms with Crippen molar-refractivity contribution in [1.82, 2.24) is 0 Å². The molecule has 0 aliphatic rings. The number of hydrogen-bond acceptors (Lipinski definition) is 2. The molecule has 0 saturated heterocycles. The second-order valence-corrected chi connectivity index (χ2v) is 6.55. The van der Waals surface area contributed by atoms with Crippen LogP contribution in [0.5, 0.6) is 0 Å². The summed E-state index contributed by atoms with van der Waals surface area (Å²) in [5.74, 6) is -0.267. The number of hydrogen-bond donors (Lipinski definition) is 0. The maximum atomic E-state index is 11.8. The van der Waals surface area contributed by atoms with Crippen LogP contribution in [0.1, 0.15) is 5.56 Å². The first kappa shape index (κ1) is 15.3. The first-order valence-corrected chi connectivity index (χ1v) is 8.25. The number of benzene rings is 2. The van der Waals surface area contributed by atoms with E-state index >= 15 is 0 Å². The SMILES string of the molecule is COC(=O)/C(=C/C=C/c1ccccc1)[Se]c1ccccc1. The van der Waals surface area contributed by atoms with Crippen LogP contribution < -0.4 is 4.46 Å². The Bertz CT molecular complexity index is 631. The monoisotopic (exact) mass is 344 g/mol. The molecule has 3 heteroatoms. The quantitative estimate of drug-likeness (QED) is 0.361. The van der Waals surface area contributed by atoms with Gasteiger partial charge < -0.3 is 0 Å². The number of ether oxygens (including phenoxy) is 1. The Kier molecular flexibility index (Phi) is 6.01. The summed E-state index contributed by atoms with van der Waals surface area (Å²) < 4.78 is 6.71. The fourth-order valence-corrected chi connectivity index (χ4v) is 3.48. The van der Waals surface area contributed by atoms with Gasteiger partial charge in [-0.15, -0.1) is 0 Å². The van der Waals surface area contributed by atoms with Crippen LogP contribution >= 0.6 is 0 Å². The summed E-state index contributed by atoms with van der Waals surface area (Å²) in [5.41, 5.74) is 1.10. The first-order chi connectivity index (χ1) is 10.3. The minimum atomic E-state index is -0.267. The first-order valence-electron chi connectivity index (χ1n) is 6.54. The molecule has 2 rings (SSSR count). The summed E-state index contributed by atoms with van der Waals surface area (Å²) in [4.78, 5) is 11.8. The summed E-state index contributed by atoms with van der Waals surface area (Å²) in [6.45, 7) is 0. The van der Waals surface area contributed by atoms with Crippen molar-refractivity contribution in [3.8, 4) is 0 Å². The molecular formula is C18H16O2Se. The molecule has 0 atom stereocenters. The van der Waals surface area contributed by atoms with Crippen molar-refractivity contribution in [2.24, 2.45) is 0 Å². The number of carbonyl (C=O) groups excluding carboxylic acids is 1. The normalized spacial score (nSPS) is 11.6. The molecule has 0 amide bonds. The summed E-state index contributed by atoms with van der Waals surface area (Å²) >= 11 is -0.0601. The van der Waals surface area contributed by atoms with Crippen molar-refractivity contribution in [1.29, 1.82) is 0 Å². The predicted molar refractivity (Wildman–Crippen MR) is 87.4 cm³/mol. The summed E-state index contributed by atoms with van der Waals surface area (Å²) in [5, 5.41) is 0. The average Bonchev–Trinajstić information content (AvgIpc) is 2.55. The Balaban J connectivity index is 2.14. The topological polar surface area (TPSA) is 26.3 Å². The van der Waals surface area contributed by atoms with E-state index in [0.717, 1.165) is 10.0 Å². The Morgan fingerprint density at radius 3 is 2.24 bits per heavy atom. The van der Waals surface area contributed by atoms with Gasteiger partial charge in [0.1, 0.15) is 0 Å². The number of rotatable bonds is 5. The molecule has 2 aromatic carbocycles. The van der Waals surface area contributed by atoms with E-state index in [2.05, 4.69) is 0 Å². The Labute approximate surface area is 131 Å². The molecule has 2 aromatic rings. The zero-order valence-electron chi connectivity index (χ0n) is 11.7. The van der Waals surface area contributed by atoms with Gasteiger partial charge in [0.2, 0.25) is 0 Å². The van der Waals surface area contributed by atoms with Crippen molar-refractivity contribution >= 4 is 31.5 Å². The zero-order valence-corrected chi connectivity index (χ0v) is 13.4. The van der Waals surface area contributed by atoms with Crippen LogP contribution in [-0.4, -0.2) is 28.0 Å². The maximum absolute atomic E-state index is 11.8. The molecule has 0 bridgehead atoms. The van der Waals surface area contributed by atoms with E-state index < -0.39 is 0 Å². The van der Waals surface area contributed by atoms with E-state index in [9.17, 15) is 4.79 Å². The molecule has 0 saturated carbocycles. The van der Waals surface area contributed by atoms with Gasteiger partial charge in [-0.3, -0.25) is 0 Å². The molecular weight excluding hydrogens is 327 g/mol. The molecule has 0 heterocycles. The van der Waals surface area contributed by atoms with Gasteiger partial charge in [-0.05, 0) is 0 Å². The summed E-state index contributed by atoms with van der Waals surface area (Å²) in [7, 11) is 1.41. The molecule has 0 aliphatic heterocycles. The van der Waals surface area contributed by atoms with E-state index in [0.29, 0.717) is 4.47 Å². The number of allylic oxidation sites excluding steroid dienone is 2. The molecule has 0 radical (unpaired) electrons. The van der Waals surface area contributed by atoms with Gasteiger partial charge in [0.25, 0.3) is 0 Å². The van der Waals surface area contributed by atoms with Crippen LogP contribution in [0.25, 0.3) is 6.08 Å². The second-order valence-electron chi connectivity index (χ2n) is 4.21. The van der Waals surface area contributed by atoms with E-state index in [-0.39, 0.29) is 20.9 Å². The Hall–Kier alpha value is -2.09. The van der Waals surface area contributed by atoms with Crippen LogP contribution in [0.15, 0.2) is 77.3 Å². The number of methoxy groups -OCH3 is 1. The molecule has 21 heavy (non-hydrogen) atoms. The number of esters is 1. The fourth-order valence-electron chi connectivity index (χ4n) is 1.67. The van der Waals surface area contributed by atoms with Crippen LogP contribution in [0.4, 0.5) is 0 Å². The van der Waals surface area contributed by atoms with Gasteiger partial charge in [0, 0.05) is 0 Å². The van der Waals surface area contributed by atoms with Gasteiger partial charge >= 0.3 is 131 Å². The summed E-state index contributed by atoms with van der Waals surface area (Å²) in [6, 6.07) is 20.0. The van der Waals surface area contributed by atoms with Crippen LogP contribution in [0.2, 0.25) is 0 Å². The van der Waals surface area contributed by atoms with Crippen molar-refractivity contribution in [3.63, 3.8) is 0 Å². The Morgan fingerprint density at radius 1 is 1.00 bits per heavy atom. The van der Waals surface area contributed by atoms with Crippen molar-refractivity contribution < 1.29 is 9.53 Å². The minimum absolute atomic E-state index is 0.0601. The molecule has 0 N–H and O–H groups in total. The molecule has 2 nitrogen and oxygen atoms in total. The van der Waals surface area contributed by atoms with Crippen molar-refractivity contribution in [3.05, 3.63) is 82.9 Å². The van der Waals surface area contributed by atoms with Crippen LogP contribution in [0, 0.1) is 0 Å². The zero-order chi connectivity index (χ0) is 14.9. The molecule has 0 aromatic heterocycles. The van der Waals surface area contributed by atoms with E-state index in [1.165, 1.54) is 7.11 Å². The Morgan fingerprint density at radius 2 is 1.62 bits per heavy atom. The van der Waals surface area contributed by atoms with Crippen LogP contribution in [-0.2, 0) is 9.53 Å². The van der Waals surface area contributed by atoms with E-state index in [1.807, 2.05) is 78.9 Å². The van der Waals surface area contributed by atoms with Gasteiger partial charge in [0.05, 0.1) is 0 Å². The van der Waals surface area contributed by atoms with Gasteiger partial charge in [-0.2, -0.15) is 0 Å². The third kappa shape index (κ3) is 5.07. The standard InChI is InChI=1S/C18H16O2Se/c1-20-18(19)17(21-16-12-6-3-7-13-16)14-8-11-15-9-4-2-5-10-15/h2-14H,1H3/b11-8+,17-14-. The molecule has 106 valence electrons.